The summed E-state index contributed by atoms with van der Waals surface area (Å²) >= 11 is 0. The number of anilines is 3. The first kappa shape index (κ1) is 18.0. The van der Waals surface area contributed by atoms with Crippen LogP contribution in [0.1, 0.15) is 18.4 Å². The van der Waals surface area contributed by atoms with Crippen molar-refractivity contribution in [2.75, 3.05) is 28.7 Å². The number of hydrogen-bond acceptors (Lipinski definition) is 4. The molecule has 28 heavy (non-hydrogen) atoms. The van der Waals surface area contributed by atoms with E-state index >= 15 is 0 Å². The van der Waals surface area contributed by atoms with Crippen LogP contribution in [0.5, 0.6) is 5.75 Å². The Morgan fingerprint density at radius 2 is 1.93 bits per heavy atom. The molecule has 144 valence electrons. The summed E-state index contributed by atoms with van der Waals surface area (Å²) in [4.78, 5) is 38.2. The molecule has 4 rings (SSSR count). The Balaban J connectivity index is 1.46. The Labute approximate surface area is 162 Å². The molecule has 2 N–H and O–H groups in total. The van der Waals surface area contributed by atoms with Gasteiger partial charge < -0.3 is 15.4 Å². The number of nitrogens with one attached hydrogen (secondary N) is 2. The summed E-state index contributed by atoms with van der Waals surface area (Å²) < 4.78 is 5.40. The van der Waals surface area contributed by atoms with Crippen LogP contribution in [0.3, 0.4) is 0 Å². The minimum Gasteiger partial charge on any atom is -0.482 e. The van der Waals surface area contributed by atoms with E-state index in [1.165, 1.54) is 4.90 Å². The SMILES string of the molecule is Cc1ccc(NC(=O)C2CC2)cc1NC(=O)CN1C(=O)COc2ccccc21. The van der Waals surface area contributed by atoms with Gasteiger partial charge in [-0.2, -0.15) is 0 Å². The predicted octanol–water partition coefficient (Wildman–Crippen LogP) is 2.71. The largest absolute Gasteiger partial charge is 0.482 e. The van der Waals surface area contributed by atoms with E-state index in [-0.39, 0.29) is 36.8 Å². The van der Waals surface area contributed by atoms with E-state index in [1.54, 1.807) is 24.3 Å². The maximum Gasteiger partial charge on any atom is 0.265 e. The standard InChI is InChI=1S/C21H21N3O4/c1-13-6-9-15(22-21(27)14-7-8-14)10-16(13)23-19(25)11-24-17-4-2-3-5-18(17)28-12-20(24)26/h2-6,9-10,14H,7-8,11-12H2,1H3,(H,22,27)(H,23,25). The van der Waals surface area contributed by atoms with Gasteiger partial charge in [0.1, 0.15) is 12.3 Å². The van der Waals surface area contributed by atoms with Gasteiger partial charge in [-0.25, -0.2) is 0 Å². The molecule has 0 aromatic heterocycles. The molecule has 1 fully saturated rings. The van der Waals surface area contributed by atoms with Crippen LogP contribution in [0.25, 0.3) is 0 Å². The molecular formula is C21H21N3O4. The zero-order chi connectivity index (χ0) is 19.7. The minimum atomic E-state index is -0.321. The summed E-state index contributed by atoms with van der Waals surface area (Å²) in [6.07, 6.45) is 1.85. The van der Waals surface area contributed by atoms with Gasteiger partial charge in [-0.05, 0) is 49.6 Å². The van der Waals surface area contributed by atoms with E-state index in [2.05, 4.69) is 10.6 Å². The van der Waals surface area contributed by atoms with Crippen LogP contribution in [0.2, 0.25) is 0 Å². The third-order valence-electron chi connectivity index (χ3n) is 4.84. The average molecular weight is 379 g/mol. The number of amides is 3. The zero-order valence-electron chi connectivity index (χ0n) is 15.5. The van der Waals surface area contributed by atoms with Crippen LogP contribution in [0, 0.1) is 12.8 Å². The quantitative estimate of drug-likeness (QED) is 0.836. The molecule has 1 aliphatic heterocycles. The monoisotopic (exact) mass is 379 g/mol. The number of para-hydroxylation sites is 2. The van der Waals surface area contributed by atoms with Crippen molar-refractivity contribution in [1.29, 1.82) is 0 Å². The lowest BCUT2D eigenvalue weighted by atomic mass is 10.1. The first-order valence-electron chi connectivity index (χ1n) is 9.25. The second-order valence-corrected chi connectivity index (χ2v) is 7.08. The highest BCUT2D eigenvalue weighted by atomic mass is 16.5. The Morgan fingerprint density at radius 3 is 2.71 bits per heavy atom. The summed E-state index contributed by atoms with van der Waals surface area (Å²) in [5.74, 6) is 0.106. The van der Waals surface area contributed by atoms with Gasteiger partial charge in [-0.15, -0.1) is 0 Å². The highest BCUT2D eigenvalue weighted by Gasteiger charge is 2.30. The molecule has 0 saturated heterocycles. The lowest BCUT2D eigenvalue weighted by molar-refractivity contribution is -0.123. The Morgan fingerprint density at radius 1 is 1.14 bits per heavy atom. The van der Waals surface area contributed by atoms with Gasteiger partial charge in [-0.1, -0.05) is 18.2 Å². The third-order valence-corrected chi connectivity index (χ3v) is 4.84. The predicted molar refractivity (Wildman–Crippen MR) is 105 cm³/mol. The molecule has 3 amide bonds. The summed E-state index contributed by atoms with van der Waals surface area (Å²) in [7, 11) is 0. The highest BCUT2D eigenvalue weighted by Crippen LogP contribution is 2.32. The third kappa shape index (κ3) is 3.83. The normalized spacial score (nSPS) is 15.5. The van der Waals surface area contributed by atoms with Gasteiger partial charge in [-0.3, -0.25) is 19.3 Å². The molecule has 0 unspecified atom stereocenters. The van der Waals surface area contributed by atoms with E-state index in [4.69, 9.17) is 4.74 Å². The summed E-state index contributed by atoms with van der Waals surface area (Å²) in [5.41, 5.74) is 2.70. The van der Waals surface area contributed by atoms with Crippen LogP contribution in [-0.2, 0) is 14.4 Å². The van der Waals surface area contributed by atoms with Crippen molar-refractivity contribution >= 4 is 34.8 Å². The number of hydrogen-bond donors (Lipinski definition) is 2. The van der Waals surface area contributed by atoms with Crippen molar-refractivity contribution in [2.45, 2.75) is 19.8 Å². The Kier molecular flexibility index (Phi) is 4.73. The molecule has 2 aromatic carbocycles. The van der Waals surface area contributed by atoms with Crippen LogP contribution in [0.4, 0.5) is 17.1 Å². The molecule has 7 heteroatoms. The van der Waals surface area contributed by atoms with Crippen molar-refractivity contribution < 1.29 is 19.1 Å². The van der Waals surface area contributed by atoms with Crippen molar-refractivity contribution in [2.24, 2.45) is 5.92 Å². The highest BCUT2D eigenvalue weighted by molar-refractivity contribution is 6.05. The maximum absolute atomic E-state index is 12.6. The van der Waals surface area contributed by atoms with E-state index in [9.17, 15) is 14.4 Å². The van der Waals surface area contributed by atoms with Gasteiger partial charge in [0, 0.05) is 17.3 Å². The Bertz CT molecular complexity index is 952. The fraction of sp³-hybridized carbons (Fsp3) is 0.286. The lowest BCUT2D eigenvalue weighted by Gasteiger charge is -2.28. The van der Waals surface area contributed by atoms with Crippen LogP contribution >= 0.6 is 0 Å². The molecule has 0 radical (unpaired) electrons. The van der Waals surface area contributed by atoms with Crippen molar-refractivity contribution in [1.82, 2.24) is 0 Å². The molecular weight excluding hydrogens is 358 g/mol. The lowest BCUT2D eigenvalue weighted by Crippen LogP contribution is -2.43. The number of fused-ring (bicyclic) bond motifs is 1. The van der Waals surface area contributed by atoms with Crippen molar-refractivity contribution in [3.8, 4) is 5.75 Å². The van der Waals surface area contributed by atoms with E-state index in [0.717, 1.165) is 18.4 Å². The van der Waals surface area contributed by atoms with Gasteiger partial charge in [0.15, 0.2) is 6.61 Å². The zero-order valence-corrected chi connectivity index (χ0v) is 15.5. The summed E-state index contributed by atoms with van der Waals surface area (Å²) in [6.45, 7) is 1.67. The van der Waals surface area contributed by atoms with Crippen molar-refractivity contribution in [3.63, 3.8) is 0 Å². The number of aryl methyl sites for hydroxylation is 1. The number of rotatable bonds is 5. The minimum absolute atomic E-state index is 0.0108. The second kappa shape index (κ2) is 7.34. The fourth-order valence-electron chi connectivity index (χ4n) is 3.08. The maximum atomic E-state index is 12.6. The average Bonchev–Trinajstić information content (AvgIpc) is 3.52. The fourth-order valence-corrected chi connectivity index (χ4v) is 3.08. The van der Waals surface area contributed by atoms with Gasteiger partial charge >= 0.3 is 0 Å². The molecule has 1 heterocycles. The topological polar surface area (TPSA) is 87.7 Å². The molecule has 1 aliphatic carbocycles. The molecule has 2 aromatic rings. The first-order valence-corrected chi connectivity index (χ1v) is 9.25. The number of benzene rings is 2. The van der Waals surface area contributed by atoms with Gasteiger partial charge in [0.25, 0.3) is 5.91 Å². The molecule has 0 spiro atoms. The number of carbonyl (C=O) groups is 3. The van der Waals surface area contributed by atoms with Crippen molar-refractivity contribution in [3.05, 3.63) is 48.0 Å². The molecule has 0 bridgehead atoms. The number of ether oxygens (including phenoxy) is 1. The van der Waals surface area contributed by atoms with Crippen LogP contribution < -0.4 is 20.3 Å². The smallest absolute Gasteiger partial charge is 0.265 e. The van der Waals surface area contributed by atoms with Gasteiger partial charge in [0.05, 0.1) is 5.69 Å². The van der Waals surface area contributed by atoms with Crippen LogP contribution in [0.15, 0.2) is 42.5 Å². The van der Waals surface area contributed by atoms with E-state index in [0.29, 0.717) is 22.8 Å². The molecule has 2 aliphatic rings. The van der Waals surface area contributed by atoms with Gasteiger partial charge in [0.2, 0.25) is 11.8 Å². The van der Waals surface area contributed by atoms with E-state index < -0.39 is 0 Å². The Hall–Kier alpha value is -3.35. The van der Waals surface area contributed by atoms with Crippen LogP contribution in [-0.4, -0.2) is 30.9 Å². The molecule has 0 atom stereocenters. The molecule has 7 nitrogen and oxygen atoms in total. The number of carbonyl (C=O) groups excluding carboxylic acids is 3. The summed E-state index contributed by atoms with van der Waals surface area (Å²) in [6, 6.07) is 12.5. The summed E-state index contributed by atoms with van der Waals surface area (Å²) in [5, 5.41) is 5.72. The molecule has 1 saturated carbocycles. The van der Waals surface area contributed by atoms with E-state index in [1.807, 2.05) is 25.1 Å². The number of nitrogens with zero attached hydrogens (tertiary/aromatic N) is 1. The second-order valence-electron chi connectivity index (χ2n) is 7.08. The first-order chi connectivity index (χ1) is 13.5.